The average molecular weight is 268 g/mol. The summed E-state index contributed by atoms with van der Waals surface area (Å²) < 4.78 is 0. The highest BCUT2D eigenvalue weighted by molar-refractivity contribution is 9.09. The Labute approximate surface area is 101 Å². The Kier molecular flexibility index (Phi) is 3.81. The third-order valence-electron chi connectivity index (χ3n) is 2.94. The van der Waals surface area contributed by atoms with Crippen molar-refractivity contribution in [1.82, 2.24) is 4.90 Å². The van der Waals surface area contributed by atoms with E-state index in [9.17, 15) is 0 Å². The Morgan fingerprint density at radius 3 is 2.47 bits per heavy atom. The molecule has 0 aromatic heterocycles. The second kappa shape index (κ2) is 5.13. The zero-order valence-corrected chi connectivity index (χ0v) is 10.8. The van der Waals surface area contributed by atoms with Crippen molar-refractivity contribution >= 4 is 15.9 Å². The fourth-order valence-electron chi connectivity index (χ4n) is 1.87. The van der Waals surface area contributed by atoms with Crippen molar-refractivity contribution < 1.29 is 0 Å². The Hall–Kier alpha value is -0.340. The molecule has 1 fully saturated rings. The Morgan fingerprint density at radius 2 is 1.93 bits per heavy atom. The van der Waals surface area contributed by atoms with Crippen molar-refractivity contribution in [3.8, 4) is 0 Å². The van der Waals surface area contributed by atoms with E-state index < -0.39 is 0 Å². The van der Waals surface area contributed by atoms with Crippen molar-refractivity contribution in [2.24, 2.45) is 0 Å². The topological polar surface area (TPSA) is 3.24 Å². The van der Waals surface area contributed by atoms with Gasteiger partial charge in [0, 0.05) is 24.5 Å². The fraction of sp³-hybridized carbons (Fsp3) is 0.538. The predicted molar refractivity (Wildman–Crippen MR) is 68.4 cm³/mol. The molecular formula is C13H18BrN. The van der Waals surface area contributed by atoms with Crippen LogP contribution in [0.5, 0.6) is 0 Å². The van der Waals surface area contributed by atoms with E-state index in [0.717, 1.165) is 17.9 Å². The van der Waals surface area contributed by atoms with Gasteiger partial charge in [0.25, 0.3) is 0 Å². The summed E-state index contributed by atoms with van der Waals surface area (Å²) in [5, 5.41) is 1.08. The molecular weight excluding hydrogens is 250 g/mol. The molecule has 15 heavy (non-hydrogen) atoms. The highest BCUT2D eigenvalue weighted by atomic mass is 79.9. The van der Waals surface area contributed by atoms with Gasteiger partial charge < -0.3 is 0 Å². The van der Waals surface area contributed by atoms with Crippen molar-refractivity contribution in [2.45, 2.75) is 32.4 Å². The van der Waals surface area contributed by atoms with Crippen LogP contribution in [0.4, 0.5) is 0 Å². The molecule has 0 N–H and O–H groups in total. The Bertz CT molecular complexity index is 303. The first-order chi connectivity index (χ1) is 7.29. The monoisotopic (exact) mass is 267 g/mol. The summed E-state index contributed by atoms with van der Waals surface area (Å²) >= 11 is 3.53. The van der Waals surface area contributed by atoms with Crippen LogP contribution >= 0.6 is 15.9 Å². The first kappa shape index (κ1) is 11.2. The summed E-state index contributed by atoms with van der Waals surface area (Å²) in [5.41, 5.74) is 2.78. The van der Waals surface area contributed by atoms with E-state index in [-0.39, 0.29) is 0 Å². The molecule has 0 unspecified atom stereocenters. The summed E-state index contributed by atoms with van der Waals surface area (Å²) in [6.07, 6.45) is 2.78. The molecule has 82 valence electrons. The van der Waals surface area contributed by atoms with E-state index in [1.807, 2.05) is 0 Å². The van der Waals surface area contributed by atoms with Crippen LogP contribution in [0.3, 0.4) is 0 Å². The van der Waals surface area contributed by atoms with Crippen molar-refractivity contribution in [3.63, 3.8) is 0 Å². The second-order valence-electron chi connectivity index (χ2n) is 4.38. The van der Waals surface area contributed by atoms with E-state index >= 15 is 0 Å². The minimum atomic E-state index is 0.851. The van der Waals surface area contributed by atoms with Gasteiger partial charge >= 0.3 is 0 Å². The molecule has 0 atom stereocenters. The van der Waals surface area contributed by atoms with Gasteiger partial charge in [-0.05, 0) is 25.3 Å². The lowest BCUT2D eigenvalue weighted by Gasteiger charge is -2.20. The lowest BCUT2D eigenvalue weighted by molar-refractivity contribution is 0.272. The molecule has 0 saturated heterocycles. The molecule has 0 radical (unpaired) electrons. The summed E-state index contributed by atoms with van der Waals surface area (Å²) in [7, 11) is 0. The van der Waals surface area contributed by atoms with Crippen molar-refractivity contribution in [3.05, 3.63) is 35.4 Å². The molecule has 1 aromatic carbocycles. The van der Waals surface area contributed by atoms with Crippen LogP contribution in [0.15, 0.2) is 24.3 Å². The third-order valence-corrected chi connectivity index (χ3v) is 3.30. The van der Waals surface area contributed by atoms with Gasteiger partial charge in [0.15, 0.2) is 0 Å². The zero-order chi connectivity index (χ0) is 10.7. The first-order valence-electron chi connectivity index (χ1n) is 5.65. The smallest absolute Gasteiger partial charge is 0.0237 e. The second-order valence-corrected chi connectivity index (χ2v) is 5.17. The SMILES string of the molecule is Cc1ccc(CN(CCBr)C2CC2)cc1. The minimum absolute atomic E-state index is 0.851. The van der Waals surface area contributed by atoms with Crippen LogP contribution in [-0.4, -0.2) is 22.8 Å². The van der Waals surface area contributed by atoms with Crippen LogP contribution in [-0.2, 0) is 6.54 Å². The van der Waals surface area contributed by atoms with Crippen molar-refractivity contribution in [2.75, 3.05) is 11.9 Å². The van der Waals surface area contributed by atoms with Gasteiger partial charge in [0.1, 0.15) is 0 Å². The lowest BCUT2D eigenvalue weighted by Crippen LogP contribution is -2.27. The summed E-state index contributed by atoms with van der Waals surface area (Å²) in [6.45, 7) is 4.41. The summed E-state index contributed by atoms with van der Waals surface area (Å²) in [5.74, 6) is 0. The van der Waals surface area contributed by atoms with E-state index in [2.05, 4.69) is 52.0 Å². The number of benzene rings is 1. The van der Waals surface area contributed by atoms with E-state index in [0.29, 0.717) is 0 Å². The van der Waals surface area contributed by atoms with Crippen LogP contribution in [0.25, 0.3) is 0 Å². The molecule has 1 saturated carbocycles. The molecule has 1 nitrogen and oxygen atoms in total. The Balaban J connectivity index is 1.95. The van der Waals surface area contributed by atoms with Gasteiger partial charge in [0.2, 0.25) is 0 Å². The highest BCUT2D eigenvalue weighted by Crippen LogP contribution is 2.28. The van der Waals surface area contributed by atoms with Gasteiger partial charge in [-0.2, -0.15) is 0 Å². The highest BCUT2D eigenvalue weighted by Gasteiger charge is 2.28. The number of alkyl halides is 1. The van der Waals surface area contributed by atoms with Crippen LogP contribution in [0.1, 0.15) is 24.0 Å². The summed E-state index contributed by atoms with van der Waals surface area (Å²) in [4.78, 5) is 2.58. The average Bonchev–Trinajstić information content (AvgIpc) is 3.04. The predicted octanol–water partition coefficient (Wildman–Crippen LogP) is 3.35. The zero-order valence-electron chi connectivity index (χ0n) is 9.25. The molecule has 2 heteroatoms. The summed E-state index contributed by atoms with van der Waals surface area (Å²) in [6, 6.07) is 9.75. The number of halogens is 1. The van der Waals surface area contributed by atoms with Crippen LogP contribution in [0.2, 0.25) is 0 Å². The maximum atomic E-state index is 3.53. The minimum Gasteiger partial charge on any atom is -0.295 e. The Morgan fingerprint density at radius 1 is 1.27 bits per heavy atom. The maximum absolute atomic E-state index is 3.53. The van der Waals surface area contributed by atoms with Crippen LogP contribution in [0, 0.1) is 6.92 Å². The van der Waals surface area contributed by atoms with Crippen LogP contribution < -0.4 is 0 Å². The largest absolute Gasteiger partial charge is 0.295 e. The van der Waals surface area contributed by atoms with Gasteiger partial charge in [-0.1, -0.05) is 45.8 Å². The molecule has 1 aromatic rings. The number of hydrogen-bond donors (Lipinski definition) is 0. The molecule has 0 spiro atoms. The van der Waals surface area contributed by atoms with E-state index in [1.165, 1.54) is 30.5 Å². The molecule has 0 amide bonds. The fourth-order valence-corrected chi connectivity index (χ4v) is 2.32. The number of aryl methyl sites for hydroxylation is 1. The van der Waals surface area contributed by atoms with E-state index in [1.54, 1.807) is 0 Å². The van der Waals surface area contributed by atoms with Gasteiger partial charge in [0.05, 0.1) is 0 Å². The van der Waals surface area contributed by atoms with Gasteiger partial charge in [-0.25, -0.2) is 0 Å². The third kappa shape index (κ3) is 3.32. The molecule has 1 aliphatic rings. The molecule has 2 rings (SSSR count). The normalized spacial score (nSPS) is 15.9. The van der Waals surface area contributed by atoms with Gasteiger partial charge in [-0.15, -0.1) is 0 Å². The maximum Gasteiger partial charge on any atom is 0.0237 e. The molecule has 0 bridgehead atoms. The molecule has 0 heterocycles. The number of rotatable bonds is 5. The number of nitrogens with zero attached hydrogens (tertiary/aromatic N) is 1. The van der Waals surface area contributed by atoms with E-state index in [4.69, 9.17) is 0 Å². The first-order valence-corrected chi connectivity index (χ1v) is 6.77. The van der Waals surface area contributed by atoms with Crippen molar-refractivity contribution in [1.29, 1.82) is 0 Å². The molecule has 1 aliphatic carbocycles. The van der Waals surface area contributed by atoms with Gasteiger partial charge in [-0.3, -0.25) is 4.90 Å². The standard InChI is InChI=1S/C13H18BrN/c1-11-2-4-12(5-3-11)10-15(9-8-14)13-6-7-13/h2-5,13H,6-10H2,1H3. The number of hydrogen-bond acceptors (Lipinski definition) is 1. The lowest BCUT2D eigenvalue weighted by atomic mass is 10.1. The quantitative estimate of drug-likeness (QED) is 0.740. The molecule has 0 aliphatic heterocycles.